The van der Waals surface area contributed by atoms with Crippen molar-refractivity contribution in [3.63, 3.8) is 0 Å². The molecule has 0 bridgehead atoms. The standard InChI is InChI=1S/C27H30ClF3N4O2/c1-4-5-6-10-21(27(29,30)31)25(36)32-15-17-11-12-22(28)20(13-17)24-33-23(34-26(37)35-24)19-9-7-8-18(14-19)16(2)3/h7-9,11-14,16,21H,4-6,10,15H2,1-3H3,(H,32,36)(H,33,34,35,37). The lowest BCUT2D eigenvalue weighted by Crippen LogP contribution is -2.39. The summed E-state index contributed by atoms with van der Waals surface area (Å²) in [6.07, 6.45) is -3.16. The van der Waals surface area contributed by atoms with Crippen LogP contribution in [0.4, 0.5) is 13.2 Å². The predicted octanol–water partition coefficient (Wildman–Crippen LogP) is 6.65. The Balaban J connectivity index is 1.85. The van der Waals surface area contributed by atoms with Gasteiger partial charge < -0.3 is 5.32 Å². The van der Waals surface area contributed by atoms with Crippen molar-refractivity contribution in [1.82, 2.24) is 20.3 Å². The van der Waals surface area contributed by atoms with E-state index in [4.69, 9.17) is 11.6 Å². The Labute approximate surface area is 218 Å². The number of alkyl halides is 3. The minimum atomic E-state index is -4.62. The van der Waals surface area contributed by atoms with Crippen LogP contribution >= 0.6 is 11.6 Å². The van der Waals surface area contributed by atoms with Crippen molar-refractivity contribution in [2.75, 3.05) is 0 Å². The van der Waals surface area contributed by atoms with Gasteiger partial charge >= 0.3 is 11.9 Å². The fraction of sp³-hybridized carbons (Fsp3) is 0.407. The number of nitrogens with one attached hydrogen (secondary N) is 2. The van der Waals surface area contributed by atoms with Gasteiger partial charge in [0.1, 0.15) is 11.7 Å². The Kier molecular flexibility index (Phi) is 9.48. The van der Waals surface area contributed by atoms with E-state index in [1.165, 1.54) is 0 Å². The second-order valence-corrected chi connectivity index (χ2v) is 9.64. The predicted molar refractivity (Wildman–Crippen MR) is 138 cm³/mol. The Morgan fingerprint density at radius 3 is 2.54 bits per heavy atom. The zero-order valence-corrected chi connectivity index (χ0v) is 21.7. The van der Waals surface area contributed by atoms with Crippen molar-refractivity contribution >= 4 is 17.5 Å². The van der Waals surface area contributed by atoms with E-state index < -0.39 is 23.7 Å². The highest BCUT2D eigenvalue weighted by molar-refractivity contribution is 6.33. The molecule has 0 saturated heterocycles. The summed E-state index contributed by atoms with van der Waals surface area (Å²) >= 11 is 6.37. The fourth-order valence-electron chi connectivity index (χ4n) is 3.90. The van der Waals surface area contributed by atoms with Crippen LogP contribution in [0.25, 0.3) is 22.8 Å². The van der Waals surface area contributed by atoms with Crippen LogP contribution in [-0.2, 0) is 11.3 Å². The lowest BCUT2D eigenvalue weighted by atomic mass is 9.99. The molecule has 198 valence electrons. The molecule has 0 aliphatic heterocycles. The zero-order chi connectivity index (χ0) is 27.2. The molecule has 0 aliphatic carbocycles. The van der Waals surface area contributed by atoms with Gasteiger partial charge in [-0.1, -0.05) is 75.9 Å². The molecular weight excluding hydrogens is 505 g/mol. The minimum absolute atomic E-state index is 0.137. The largest absolute Gasteiger partial charge is 0.400 e. The third-order valence-electron chi connectivity index (χ3n) is 6.02. The summed E-state index contributed by atoms with van der Waals surface area (Å²) in [6.45, 7) is 5.85. The second kappa shape index (κ2) is 12.4. The maximum Gasteiger partial charge on any atom is 0.400 e. The van der Waals surface area contributed by atoms with Crippen LogP contribution in [0.5, 0.6) is 0 Å². The molecule has 3 rings (SSSR count). The van der Waals surface area contributed by atoms with E-state index in [1.807, 2.05) is 25.1 Å². The third-order valence-corrected chi connectivity index (χ3v) is 6.35. The lowest BCUT2D eigenvalue weighted by Gasteiger charge is -2.20. The lowest BCUT2D eigenvalue weighted by molar-refractivity contribution is -0.184. The Bertz CT molecular complexity index is 1290. The monoisotopic (exact) mass is 534 g/mol. The van der Waals surface area contributed by atoms with E-state index >= 15 is 0 Å². The molecule has 0 aliphatic rings. The number of amides is 1. The minimum Gasteiger partial charge on any atom is -0.351 e. The molecule has 0 radical (unpaired) electrons. The van der Waals surface area contributed by atoms with Gasteiger partial charge in [0.25, 0.3) is 0 Å². The van der Waals surface area contributed by atoms with Crippen LogP contribution in [0.2, 0.25) is 5.02 Å². The first-order chi connectivity index (χ1) is 17.5. The molecular formula is C27H30ClF3N4O2. The number of aromatic amines is 1. The smallest absolute Gasteiger partial charge is 0.351 e. The molecule has 1 atom stereocenters. The van der Waals surface area contributed by atoms with Crippen LogP contribution < -0.4 is 11.0 Å². The van der Waals surface area contributed by atoms with Crippen LogP contribution in [0.1, 0.15) is 63.5 Å². The number of hydrogen-bond donors (Lipinski definition) is 2. The number of unbranched alkanes of at least 4 members (excludes halogenated alkanes) is 2. The zero-order valence-electron chi connectivity index (χ0n) is 21.0. The van der Waals surface area contributed by atoms with Crippen LogP contribution in [0.3, 0.4) is 0 Å². The Morgan fingerprint density at radius 2 is 1.86 bits per heavy atom. The van der Waals surface area contributed by atoms with Gasteiger partial charge in [0.15, 0.2) is 5.82 Å². The molecule has 2 aromatic carbocycles. The topological polar surface area (TPSA) is 87.7 Å². The van der Waals surface area contributed by atoms with Gasteiger partial charge in [-0.05, 0) is 41.7 Å². The Morgan fingerprint density at radius 1 is 1.11 bits per heavy atom. The summed E-state index contributed by atoms with van der Waals surface area (Å²) in [7, 11) is 0. The molecule has 0 saturated carbocycles. The number of rotatable bonds is 10. The molecule has 3 aromatic rings. The Hall–Kier alpha value is -3.20. The maximum absolute atomic E-state index is 13.4. The summed E-state index contributed by atoms with van der Waals surface area (Å²) in [5.41, 5.74) is 1.98. The molecule has 1 unspecified atom stereocenters. The summed E-state index contributed by atoms with van der Waals surface area (Å²) in [4.78, 5) is 35.8. The van der Waals surface area contributed by atoms with Crippen molar-refractivity contribution in [3.05, 3.63) is 69.1 Å². The fourth-order valence-corrected chi connectivity index (χ4v) is 4.10. The highest BCUT2D eigenvalue weighted by atomic mass is 35.5. The maximum atomic E-state index is 13.4. The number of carbonyl (C=O) groups excluding carboxylic acids is 1. The summed E-state index contributed by atoms with van der Waals surface area (Å²) in [6, 6.07) is 12.3. The van der Waals surface area contributed by atoms with Crippen molar-refractivity contribution in [2.24, 2.45) is 5.92 Å². The second-order valence-electron chi connectivity index (χ2n) is 9.23. The van der Waals surface area contributed by atoms with Crippen LogP contribution in [-0.4, -0.2) is 27.0 Å². The highest BCUT2D eigenvalue weighted by Gasteiger charge is 2.44. The summed E-state index contributed by atoms with van der Waals surface area (Å²) < 4.78 is 40.3. The number of halogens is 4. The first kappa shape index (κ1) is 28.4. The third kappa shape index (κ3) is 7.64. The van der Waals surface area contributed by atoms with Crippen LogP contribution in [0.15, 0.2) is 47.3 Å². The number of H-pyrrole nitrogens is 1. The molecule has 1 amide bonds. The molecule has 6 nitrogen and oxygen atoms in total. The van der Waals surface area contributed by atoms with Gasteiger partial charge in [-0.15, -0.1) is 0 Å². The molecule has 37 heavy (non-hydrogen) atoms. The SMILES string of the molecule is CCCCCC(C(=O)NCc1ccc(Cl)c(-c2nc(-c3cccc(C(C)C)c3)nc(=O)[nH]2)c1)C(F)(F)F. The van der Waals surface area contributed by atoms with Gasteiger partial charge in [0, 0.05) is 17.7 Å². The summed E-state index contributed by atoms with van der Waals surface area (Å²) in [5, 5.41) is 2.67. The quantitative estimate of drug-likeness (QED) is 0.285. The normalized spacial score (nSPS) is 12.5. The van der Waals surface area contributed by atoms with Crippen molar-refractivity contribution < 1.29 is 18.0 Å². The van der Waals surface area contributed by atoms with E-state index in [2.05, 4.69) is 34.1 Å². The first-order valence-corrected chi connectivity index (χ1v) is 12.6. The molecule has 2 N–H and O–H groups in total. The van der Waals surface area contributed by atoms with E-state index in [0.29, 0.717) is 29.5 Å². The number of carbonyl (C=O) groups is 1. The highest BCUT2D eigenvalue weighted by Crippen LogP contribution is 2.31. The number of aromatic nitrogens is 3. The van der Waals surface area contributed by atoms with E-state index in [-0.39, 0.29) is 35.6 Å². The van der Waals surface area contributed by atoms with Crippen molar-refractivity contribution in [3.8, 4) is 22.8 Å². The van der Waals surface area contributed by atoms with Gasteiger partial charge in [-0.2, -0.15) is 18.2 Å². The van der Waals surface area contributed by atoms with Crippen molar-refractivity contribution in [2.45, 2.75) is 65.1 Å². The number of nitrogens with zero attached hydrogens (tertiary/aromatic N) is 2. The molecule has 1 heterocycles. The van der Waals surface area contributed by atoms with E-state index in [1.54, 1.807) is 24.3 Å². The van der Waals surface area contributed by atoms with Crippen LogP contribution in [0, 0.1) is 5.92 Å². The number of benzene rings is 2. The average Bonchev–Trinajstić information content (AvgIpc) is 2.85. The molecule has 0 fully saturated rings. The molecule has 1 aromatic heterocycles. The first-order valence-electron chi connectivity index (χ1n) is 12.2. The average molecular weight is 535 g/mol. The van der Waals surface area contributed by atoms with E-state index in [9.17, 15) is 22.8 Å². The summed E-state index contributed by atoms with van der Waals surface area (Å²) in [5.74, 6) is -2.48. The molecule has 0 spiro atoms. The van der Waals surface area contributed by atoms with Gasteiger partial charge in [0.05, 0.1) is 5.02 Å². The molecule has 10 heteroatoms. The van der Waals surface area contributed by atoms with E-state index in [0.717, 1.165) is 12.0 Å². The van der Waals surface area contributed by atoms with Crippen molar-refractivity contribution in [1.29, 1.82) is 0 Å². The van der Waals surface area contributed by atoms with Gasteiger partial charge in [0.2, 0.25) is 5.91 Å². The van der Waals surface area contributed by atoms with Gasteiger partial charge in [-0.3, -0.25) is 9.78 Å². The van der Waals surface area contributed by atoms with Gasteiger partial charge in [-0.25, -0.2) is 9.78 Å². The number of hydrogen-bond acceptors (Lipinski definition) is 4.